The Kier molecular flexibility index (Phi) is 3.35. The molecule has 2 N–H and O–H groups in total. The zero-order valence-corrected chi connectivity index (χ0v) is 15.4. The maximum Gasteiger partial charge on any atom is 0.335 e. The highest BCUT2D eigenvalue weighted by Gasteiger charge is 2.63. The summed E-state index contributed by atoms with van der Waals surface area (Å²) in [6.45, 7) is 3.75. The van der Waals surface area contributed by atoms with Gasteiger partial charge < -0.3 is 15.2 Å². The molecule has 3 aliphatic heterocycles. The van der Waals surface area contributed by atoms with Crippen LogP contribution < -0.4 is 5.32 Å². The van der Waals surface area contributed by atoms with E-state index in [1.54, 1.807) is 0 Å². The predicted molar refractivity (Wildman–Crippen MR) is 98.7 cm³/mol. The van der Waals surface area contributed by atoms with Gasteiger partial charge in [-0.05, 0) is 49.8 Å². The second-order valence-corrected chi connectivity index (χ2v) is 8.40. The second kappa shape index (κ2) is 5.33. The average molecular weight is 354 g/mol. The molecule has 1 aliphatic carbocycles. The minimum atomic E-state index is -0.656. The van der Waals surface area contributed by atoms with E-state index < -0.39 is 5.60 Å². The smallest absolute Gasteiger partial charge is 0.335 e. The van der Waals surface area contributed by atoms with E-state index in [1.165, 1.54) is 12.7 Å². The van der Waals surface area contributed by atoms with Gasteiger partial charge in [-0.2, -0.15) is 0 Å². The van der Waals surface area contributed by atoms with Crippen LogP contribution in [0.5, 0.6) is 0 Å². The highest BCUT2D eigenvalue weighted by Crippen LogP contribution is 2.61. The molecule has 0 bridgehead atoms. The lowest BCUT2D eigenvalue weighted by Crippen LogP contribution is -2.60. The van der Waals surface area contributed by atoms with E-state index in [0.717, 1.165) is 49.3 Å². The summed E-state index contributed by atoms with van der Waals surface area (Å²) in [6, 6.07) is 8.78. The summed E-state index contributed by atoms with van der Waals surface area (Å²) >= 11 is 0. The van der Waals surface area contributed by atoms with Crippen LogP contribution in [0.2, 0.25) is 0 Å². The van der Waals surface area contributed by atoms with E-state index in [9.17, 15) is 9.90 Å². The molecule has 5 nitrogen and oxygen atoms in total. The van der Waals surface area contributed by atoms with E-state index in [4.69, 9.17) is 4.74 Å². The summed E-state index contributed by atoms with van der Waals surface area (Å²) in [5.74, 6) is 0.0317. The highest BCUT2D eigenvalue weighted by atomic mass is 16.5. The summed E-state index contributed by atoms with van der Waals surface area (Å²) in [5.41, 5.74) is 3.41. The van der Waals surface area contributed by atoms with Crippen LogP contribution in [0.1, 0.15) is 38.2 Å². The number of para-hydroxylation sites is 1. The quantitative estimate of drug-likeness (QED) is 0.799. The first kappa shape index (κ1) is 16.3. The maximum atomic E-state index is 12.6. The van der Waals surface area contributed by atoms with Gasteiger partial charge in [0.1, 0.15) is 0 Å². The first-order valence-corrected chi connectivity index (χ1v) is 9.67. The molecule has 1 spiro atoms. The number of aliphatic hydroxyl groups is 1. The molecule has 4 atom stereocenters. The van der Waals surface area contributed by atoms with Crippen molar-refractivity contribution in [2.75, 3.05) is 25.5 Å². The first-order valence-electron chi connectivity index (χ1n) is 9.67. The van der Waals surface area contributed by atoms with Gasteiger partial charge in [-0.15, -0.1) is 0 Å². The fourth-order valence-electron chi connectivity index (χ4n) is 6.23. The summed E-state index contributed by atoms with van der Waals surface area (Å²) in [4.78, 5) is 15.1. The van der Waals surface area contributed by atoms with Crippen molar-refractivity contribution in [3.8, 4) is 0 Å². The number of ether oxygens (including phenoxy) is 1. The van der Waals surface area contributed by atoms with Gasteiger partial charge in [0.2, 0.25) is 0 Å². The van der Waals surface area contributed by atoms with Crippen LogP contribution in [0.25, 0.3) is 0 Å². The molecule has 138 valence electrons. The lowest BCUT2D eigenvalue weighted by Gasteiger charge is -2.52. The van der Waals surface area contributed by atoms with Crippen LogP contribution >= 0.6 is 0 Å². The Morgan fingerprint density at radius 2 is 2.23 bits per heavy atom. The molecule has 2 saturated heterocycles. The molecule has 0 aromatic heterocycles. The van der Waals surface area contributed by atoms with E-state index in [0.29, 0.717) is 12.5 Å². The minimum Gasteiger partial charge on any atom is -0.466 e. The molecule has 0 amide bonds. The standard InChI is InChI=1S/C21H26N2O3/c1-3-20(25)11-13-10-14(19(24)26-2)17-21(8-9-23(12-20)18(13)21)15-6-4-5-7-16(15)22-17/h4-7,13,18,22,25H,3,8-12H2,1-2H3/t13-,18+,20+,21-/m1/s1. The Morgan fingerprint density at radius 1 is 1.42 bits per heavy atom. The summed E-state index contributed by atoms with van der Waals surface area (Å²) in [5, 5.41) is 14.6. The number of nitrogens with one attached hydrogen (secondary N) is 1. The monoisotopic (exact) mass is 354 g/mol. The van der Waals surface area contributed by atoms with Gasteiger partial charge in [-0.25, -0.2) is 4.79 Å². The van der Waals surface area contributed by atoms with Crippen molar-refractivity contribution < 1.29 is 14.6 Å². The van der Waals surface area contributed by atoms with Crippen LogP contribution in [0.4, 0.5) is 5.69 Å². The molecule has 2 fully saturated rings. The van der Waals surface area contributed by atoms with Crippen molar-refractivity contribution in [2.24, 2.45) is 5.92 Å². The van der Waals surface area contributed by atoms with Crippen LogP contribution in [0, 0.1) is 5.92 Å². The normalized spacial score (nSPS) is 37.7. The fraction of sp³-hybridized carbons (Fsp3) is 0.571. The number of nitrogens with zero attached hydrogens (tertiary/aromatic N) is 1. The number of carbonyl (C=O) groups excluding carboxylic acids is 1. The van der Waals surface area contributed by atoms with Gasteiger partial charge >= 0.3 is 5.97 Å². The number of piperidine rings is 1. The van der Waals surface area contributed by atoms with Gasteiger partial charge in [0.15, 0.2) is 0 Å². The van der Waals surface area contributed by atoms with Crippen LogP contribution in [0.15, 0.2) is 35.5 Å². The number of hydrogen-bond donors (Lipinski definition) is 2. The van der Waals surface area contributed by atoms with Crippen molar-refractivity contribution in [3.05, 3.63) is 41.1 Å². The molecule has 1 aromatic rings. The third kappa shape index (κ3) is 1.90. The summed E-state index contributed by atoms with van der Waals surface area (Å²) < 4.78 is 5.14. The number of benzene rings is 1. The number of methoxy groups -OCH3 is 1. The number of fused-ring (bicyclic) bond motifs is 1. The Hall–Kier alpha value is -1.85. The van der Waals surface area contributed by atoms with Crippen LogP contribution in [0.3, 0.4) is 0 Å². The van der Waals surface area contributed by atoms with Gasteiger partial charge in [0.25, 0.3) is 0 Å². The number of carbonyl (C=O) groups is 1. The molecule has 3 heterocycles. The Labute approximate surface area is 154 Å². The number of anilines is 1. The lowest BCUT2D eigenvalue weighted by molar-refractivity contribution is -0.137. The summed E-state index contributed by atoms with van der Waals surface area (Å²) in [6.07, 6.45) is 3.16. The number of esters is 1. The molecule has 0 saturated carbocycles. The zero-order chi connectivity index (χ0) is 18.1. The zero-order valence-electron chi connectivity index (χ0n) is 15.4. The first-order chi connectivity index (χ1) is 12.5. The molecule has 26 heavy (non-hydrogen) atoms. The Bertz CT molecular complexity index is 819. The van der Waals surface area contributed by atoms with E-state index in [2.05, 4.69) is 35.3 Å². The topological polar surface area (TPSA) is 61.8 Å². The summed E-state index contributed by atoms with van der Waals surface area (Å²) in [7, 11) is 1.46. The maximum absolute atomic E-state index is 12.6. The van der Waals surface area contributed by atoms with Crippen molar-refractivity contribution in [3.63, 3.8) is 0 Å². The van der Waals surface area contributed by atoms with Gasteiger partial charge in [0, 0.05) is 24.0 Å². The van der Waals surface area contributed by atoms with Crippen LogP contribution in [-0.4, -0.2) is 47.8 Å². The molecule has 0 unspecified atom stereocenters. The number of hydrogen-bond acceptors (Lipinski definition) is 5. The molecule has 0 radical (unpaired) electrons. The largest absolute Gasteiger partial charge is 0.466 e. The van der Waals surface area contributed by atoms with Gasteiger partial charge in [-0.1, -0.05) is 25.1 Å². The highest BCUT2D eigenvalue weighted by molar-refractivity contribution is 5.93. The lowest BCUT2D eigenvalue weighted by atomic mass is 9.60. The van der Waals surface area contributed by atoms with Crippen molar-refractivity contribution in [1.82, 2.24) is 4.90 Å². The van der Waals surface area contributed by atoms with Gasteiger partial charge in [-0.3, -0.25) is 4.90 Å². The van der Waals surface area contributed by atoms with Crippen molar-refractivity contribution in [2.45, 2.75) is 49.7 Å². The third-order valence-electron chi connectivity index (χ3n) is 7.25. The second-order valence-electron chi connectivity index (χ2n) is 8.40. The molecule has 5 rings (SSSR count). The van der Waals surface area contributed by atoms with E-state index in [1.807, 2.05) is 6.07 Å². The number of rotatable bonds is 2. The Balaban J connectivity index is 1.72. The fourth-order valence-corrected chi connectivity index (χ4v) is 6.23. The van der Waals surface area contributed by atoms with Gasteiger partial charge in [0.05, 0.1) is 23.7 Å². The molecular weight excluding hydrogens is 328 g/mol. The van der Waals surface area contributed by atoms with E-state index >= 15 is 0 Å². The molecular formula is C21H26N2O3. The van der Waals surface area contributed by atoms with E-state index in [-0.39, 0.29) is 17.3 Å². The minimum absolute atomic E-state index is 0.169. The SMILES string of the molecule is CC[C@]1(O)C[C@H]2CC(C(=O)OC)=C3Nc4ccccc4[C@]34CCN(C1)[C@@H]24. The van der Waals surface area contributed by atoms with Crippen molar-refractivity contribution >= 4 is 11.7 Å². The predicted octanol–water partition coefficient (Wildman–Crippen LogP) is 2.42. The molecule has 4 aliphatic rings. The van der Waals surface area contributed by atoms with Crippen LogP contribution in [-0.2, 0) is 14.9 Å². The Morgan fingerprint density at radius 3 is 3.00 bits per heavy atom. The average Bonchev–Trinajstić information content (AvgIpc) is 3.20. The molecule has 5 heteroatoms. The van der Waals surface area contributed by atoms with Crippen molar-refractivity contribution in [1.29, 1.82) is 0 Å². The third-order valence-corrected chi connectivity index (χ3v) is 7.25. The molecule has 1 aromatic carbocycles.